The summed E-state index contributed by atoms with van der Waals surface area (Å²) in [4.78, 5) is 63.5. The maximum absolute atomic E-state index is 13.8. The van der Waals surface area contributed by atoms with Crippen molar-refractivity contribution in [2.45, 2.75) is 166 Å². The third-order valence-corrected chi connectivity index (χ3v) is 30.5. The van der Waals surface area contributed by atoms with Gasteiger partial charge in [0.25, 0.3) is 23.6 Å². The molecular weight excluding hydrogens is 1590 g/mol. The summed E-state index contributed by atoms with van der Waals surface area (Å²) in [6.07, 6.45) is 7.68. The molecule has 0 radical (unpaired) electrons. The fraction of sp³-hybridized carbons (Fsp3) is 0.276. The number of fused-ring (bicyclic) bond motifs is 12. The first kappa shape index (κ1) is 84.5. The van der Waals surface area contributed by atoms with Crippen molar-refractivity contribution in [3.8, 4) is 23.0 Å². The average Bonchev–Trinajstić information content (AvgIpc) is 1.60. The molecular formula is C105H112N12O8Si. The minimum Gasteiger partial charge on any atom is -0.543 e. The van der Waals surface area contributed by atoms with Gasteiger partial charge >= 0.3 is 0 Å². The number of carbonyl (C=O) groups is 4. The van der Waals surface area contributed by atoms with Crippen molar-refractivity contribution in [2.75, 3.05) is 62.6 Å². The van der Waals surface area contributed by atoms with Gasteiger partial charge in [-0.25, -0.2) is 20.0 Å². The summed E-state index contributed by atoms with van der Waals surface area (Å²) in [6.45, 7) is 15.5. The number of hydrazine groups is 4. The van der Waals surface area contributed by atoms with E-state index in [0.717, 1.165) is 137 Å². The van der Waals surface area contributed by atoms with E-state index in [1.165, 1.54) is 33.5 Å². The van der Waals surface area contributed by atoms with E-state index in [1.807, 2.05) is 187 Å². The fourth-order valence-corrected chi connectivity index (χ4v) is 19.7. The van der Waals surface area contributed by atoms with Gasteiger partial charge < -0.3 is 38.2 Å². The predicted molar refractivity (Wildman–Crippen MR) is 505 cm³/mol. The Kier molecular flexibility index (Phi) is 24.6. The van der Waals surface area contributed by atoms with Gasteiger partial charge in [-0.2, -0.15) is 0 Å². The van der Waals surface area contributed by atoms with Crippen LogP contribution in [0.15, 0.2) is 303 Å². The summed E-state index contributed by atoms with van der Waals surface area (Å²) in [5.74, 6) is 3.51. The lowest BCUT2D eigenvalue weighted by atomic mass is 9.95. The lowest BCUT2D eigenvalue weighted by Gasteiger charge is -2.38. The summed E-state index contributed by atoms with van der Waals surface area (Å²) in [5.41, 5.74) is 33.6. The molecule has 21 heteroatoms. The number of aryl methyl sites for hydroxylation is 6. The van der Waals surface area contributed by atoms with Crippen molar-refractivity contribution in [3.63, 3.8) is 0 Å². The highest BCUT2D eigenvalue weighted by atomic mass is 28.4. The Bertz CT molecular complexity index is 5870. The Morgan fingerprint density at radius 3 is 1.10 bits per heavy atom. The predicted octanol–water partition coefficient (Wildman–Crippen LogP) is 20.7. The lowest BCUT2D eigenvalue weighted by Crippen LogP contribution is -2.46. The Hall–Kier alpha value is -13.7. The molecule has 126 heavy (non-hydrogen) atoms. The van der Waals surface area contributed by atoms with Crippen molar-refractivity contribution >= 4 is 77.4 Å². The molecule has 8 aliphatic rings. The minimum atomic E-state index is -2.00. The second-order valence-corrected chi connectivity index (χ2v) is 39.6. The van der Waals surface area contributed by atoms with Gasteiger partial charge in [0.15, 0.2) is 30.0 Å². The number of hydrogen-bond donors (Lipinski definition) is 4. The molecule has 20 nitrogen and oxygen atoms in total. The maximum atomic E-state index is 13.8. The fourth-order valence-electron chi connectivity index (χ4n) is 18.7. The van der Waals surface area contributed by atoms with Gasteiger partial charge in [0, 0.05) is 40.3 Å². The second kappa shape index (κ2) is 36.6. The molecule has 4 amide bonds. The molecule has 0 aromatic heterocycles. The SMILES string of the molecule is CC(C)(C)[Si](C)(C)Oc1cccc([C@H]2N(Nc3ccccc3)C(=O)C3CCc4ccccc4N32)c1.CCc1ccc([C@H]2N(Nc3ccccc3)C(=O)C3CCc4ccccc4N32)cc1.COc1cc([C@H]2N(Nc3ccccc3)C(=O)C3CCc4ccccc4N32)ccc1C.COc1ccc(C[C@H]2N(Nc3ccccc3)C(=O)C3CCc4ccccc4N32)cc1OC. The normalized spacial score (nSPS) is 19.9. The third kappa shape index (κ3) is 17.0. The maximum Gasteiger partial charge on any atom is 0.265 e. The molecule has 0 aliphatic carbocycles. The monoisotopic (exact) mass is 1700 g/mol. The zero-order chi connectivity index (χ0) is 87.3. The van der Waals surface area contributed by atoms with E-state index in [4.69, 9.17) is 18.6 Å². The van der Waals surface area contributed by atoms with E-state index in [-0.39, 0.29) is 77.5 Å². The smallest absolute Gasteiger partial charge is 0.265 e. The first-order valence-corrected chi connectivity index (χ1v) is 47.0. The standard InChI is InChI=1S/C29H35N3O2Si.C26H27N3O3.C25H25N3O2.C25H25N3O/c1-29(2,3)35(4,5)34-24-16-11-13-22(20-24)27-31-25-17-10-9-12-21(25)18-19-26(31)28(33)32(27)30-23-14-7-6-8-15-23;1-31-23-15-12-18(16-24(23)32-2)17-25-28-21-11-7-6-8-19(21)13-14-22(28)26(30)29(25)27-20-9-4-3-5-10-20;1-17-12-13-19(16-23(17)30-2)24-27-21-11-7-6-8-18(21)14-15-22(27)25(29)28(24)26-20-9-4-3-5-10-20;1-2-18-12-14-20(15-13-18)24-27-22-11-7-6-8-19(22)16-17-23(27)25(29)28(24)26-21-9-4-3-5-10-21/h6-17,20,26-27,30H,18-19H2,1-5H3;3-12,15-16,22,25,27H,13-14,17H2,1-2H3;3-13,16,22,24,26H,14-15H2,1-2H3;3-15,23-24,26H,2,16-17H2,1H3/t26?,27-;22?,25-;22?,24-;23?,24-/m1111/s1. The largest absolute Gasteiger partial charge is 0.543 e. The quantitative estimate of drug-likeness (QED) is 0.0561. The minimum absolute atomic E-state index is 0.0953. The number of methoxy groups -OCH3 is 3. The number of ether oxygens (including phenoxy) is 3. The number of nitrogens with zero attached hydrogens (tertiary/aromatic N) is 8. The van der Waals surface area contributed by atoms with Crippen LogP contribution in [0.1, 0.15) is 128 Å². The zero-order valence-corrected chi connectivity index (χ0v) is 74.4. The lowest BCUT2D eigenvalue weighted by molar-refractivity contribution is -0.129. The van der Waals surface area contributed by atoms with Crippen molar-refractivity contribution < 1.29 is 37.8 Å². The molecule has 4 fully saturated rings. The van der Waals surface area contributed by atoms with Gasteiger partial charge in [-0.05, 0) is 230 Å². The number of amides is 4. The van der Waals surface area contributed by atoms with Crippen LogP contribution in [0.5, 0.6) is 23.0 Å². The third-order valence-electron chi connectivity index (χ3n) is 26.1. The molecule has 4 saturated heterocycles. The van der Waals surface area contributed by atoms with Crippen molar-refractivity contribution in [1.29, 1.82) is 0 Å². The number of hydrogen-bond acceptors (Lipinski definition) is 16. The first-order chi connectivity index (χ1) is 61.3. The van der Waals surface area contributed by atoms with E-state index >= 15 is 0 Å². The molecule has 8 aliphatic heterocycles. The van der Waals surface area contributed by atoms with Gasteiger partial charge in [-0.15, -0.1) is 0 Å². The first-order valence-electron chi connectivity index (χ1n) is 44.1. The second-order valence-electron chi connectivity index (χ2n) is 34.9. The summed E-state index contributed by atoms with van der Waals surface area (Å²) in [5, 5.41) is 7.33. The van der Waals surface area contributed by atoms with Crippen LogP contribution in [0, 0.1) is 6.92 Å². The summed E-state index contributed by atoms with van der Waals surface area (Å²) in [6, 6.07) is 102. The highest BCUT2D eigenvalue weighted by molar-refractivity contribution is 6.74. The van der Waals surface area contributed by atoms with Crippen LogP contribution in [0.25, 0.3) is 0 Å². The molecule has 8 heterocycles. The van der Waals surface area contributed by atoms with Crippen LogP contribution in [-0.2, 0) is 57.7 Å². The van der Waals surface area contributed by atoms with Crippen molar-refractivity contribution in [3.05, 3.63) is 359 Å². The van der Waals surface area contributed by atoms with E-state index < -0.39 is 8.32 Å². The topological polar surface area (TPSA) is 179 Å². The number of para-hydroxylation sites is 8. The number of nitrogens with one attached hydrogen (secondary N) is 4. The van der Waals surface area contributed by atoms with Crippen LogP contribution in [0.3, 0.4) is 0 Å². The number of carbonyl (C=O) groups excluding carboxylic acids is 4. The Labute approximate surface area is 741 Å². The zero-order valence-electron chi connectivity index (χ0n) is 73.4. The van der Waals surface area contributed by atoms with E-state index in [2.05, 4.69) is 216 Å². The molecule has 20 rings (SSSR count). The summed E-state index contributed by atoms with van der Waals surface area (Å²) in [7, 11) is 2.96. The molecule has 12 aromatic carbocycles. The molecule has 0 spiro atoms. The highest BCUT2D eigenvalue weighted by Gasteiger charge is 2.54. The summed E-state index contributed by atoms with van der Waals surface area (Å²) < 4.78 is 23.1. The van der Waals surface area contributed by atoms with Crippen LogP contribution in [-0.4, -0.2) is 104 Å². The Morgan fingerprint density at radius 1 is 0.349 bits per heavy atom. The molecule has 644 valence electrons. The van der Waals surface area contributed by atoms with Crippen LogP contribution in [0.4, 0.5) is 45.5 Å². The van der Waals surface area contributed by atoms with Crippen LogP contribution >= 0.6 is 0 Å². The average molecular weight is 1700 g/mol. The van der Waals surface area contributed by atoms with Gasteiger partial charge in [0.1, 0.15) is 41.8 Å². The Balaban J connectivity index is 0.000000119. The Morgan fingerprint density at radius 2 is 0.698 bits per heavy atom. The van der Waals surface area contributed by atoms with Crippen LogP contribution < -0.4 is 59.9 Å². The van der Waals surface area contributed by atoms with Crippen molar-refractivity contribution in [1.82, 2.24) is 20.0 Å². The molecule has 8 atom stereocenters. The van der Waals surface area contributed by atoms with Gasteiger partial charge in [-0.1, -0.05) is 228 Å². The molecule has 0 saturated carbocycles. The van der Waals surface area contributed by atoms with E-state index in [0.29, 0.717) is 17.9 Å². The van der Waals surface area contributed by atoms with Crippen LogP contribution in [0.2, 0.25) is 18.1 Å². The number of rotatable bonds is 19. The summed E-state index contributed by atoms with van der Waals surface area (Å²) >= 11 is 0. The van der Waals surface area contributed by atoms with Crippen molar-refractivity contribution in [2.24, 2.45) is 0 Å². The number of anilines is 8. The number of benzene rings is 12. The van der Waals surface area contributed by atoms with Gasteiger partial charge in [-0.3, -0.25) is 40.9 Å². The highest BCUT2D eigenvalue weighted by Crippen LogP contribution is 2.50. The molecule has 12 aromatic rings. The van der Waals surface area contributed by atoms with Gasteiger partial charge in [0.2, 0.25) is 8.32 Å². The van der Waals surface area contributed by atoms with Gasteiger partial charge in [0.05, 0.1) is 44.1 Å². The molecule has 4 N–H and O–H groups in total. The molecule has 4 unspecified atom stereocenters. The van der Waals surface area contributed by atoms with E-state index in [9.17, 15) is 19.2 Å². The molecule has 0 bridgehead atoms. The van der Waals surface area contributed by atoms with E-state index in [1.54, 1.807) is 31.3 Å².